The number of rotatable bonds is 10. The molecule has 1 amide bonds. The van der Waals surface area contributed by atoms with Crippen molar-refractivity contribution in [3.63, 3.8) is 0 Å². The first kappa shape index (κ1) is 30.8. The van der Waals surface area contributed by atoms with E-state index in [-0.39, 0.29) is 18.7 Å². The molecule has 2 aromatic carbocycles. The van der Waals surface area contributed by atoms with Crippen LogP contribution in [0.2, 0.25) is 0 Å². The van der Waals surface area contributed by atoms with E-state index in [2.05, 4.69) is 19.6 Å². The molecule has 5 aromatic rings. The van der Waals surface area contributed by atoms with Gasteiger partial charge in [-0.15, -0.1) is 0 Å². The molecule has 11 nitrogen and oxygen atoms in total. The molecule has 3 N–H and O–H groups in total. The summed E-state index contributed by atoms with van der Waals surface area (Å²) in [7, 11) is 2.17. The lowest BCUT2D eigenvalue weighted by atomic mass is 9.87. The number of thiazole rings is 1. The average Bonchev–Trinajstić information content (AvgIpc) is 3.44. The smallest absolute Gasteiger partial charge is 0.231 e. The zero-order valence-electron chi connectivity index (χ0n) is 25.1. The third kappa shape index (κ3) is 6.32. The van der Waals surface area contributed by atoms with Gasteiger partial charge in [0.25, 0.3) is 0 Å². The van der Waals surface area contributed by atoms with Crippen molar-refractivity contribution < 1.29 is 22.0 Å². The minimum atomic E-state index is -3.62. The van der Waals surface area contributed by atoms with Crippen molar-refractivity contribution in [2.75, 3.05) is 43.1 Å². The predicted molar refractivity (Wildman–Crippen MR) is 172 cm³/mol. The van der Waals surface area contributed by atoms with Crippen LogP contribution in [0.4, 0.5) is 19.7 Å². The molecular weight excluding hydrogens is 623 g/mol. The summed E-state index contributed by atoms with van der Waals surface area (Å²) in [5, 5.41) is 5.81. The zero-order valence-corrected chi connectivity index (χ0v) is 26.7. The highest BCUT2D eigenvalue weighted by atomic mass is 32.2. The van der Waals surface area contributed by atoms with Crippen LogP contribution in [0.25, 0.3) is 32.4 Å². The number of nitrogens with zero attached hydrogens (tertiary/aromatic N) is 6. The number of amides is 1. The Morgan fingerprint density at radius 3 is 2.49 bits per heavy atom. The van der Waals surface area contributed by atoms with Crippen molar-refractivity contribution in [2.24, 2.45) is 12.8 Å². The monoisotopic (exact) mass is 654 g/mol. The number of hydrogen-bond acceptors (Lipinski definition) is 9. The van der Waals surface area contributed by atoms with Gasteiger partial charge in [-0.1, -0.05) is 23.5 Å². The fraction of sp³-hybridized carbons (Fsp3) is 0.333. The molecule has 1 aliphatic heterocycles. The van der Waals surface area contributed by atoms with Crippen molar-refractivity contribution in [2.45, 2.75) is 24.8 Å². The number of hydrogen-bond donors (Lipinski definition) is 2. The van der Waals surface area contributed by atoms with Gasteiger partial charge < -0.3 is 15.5 Å². The summed E-state index contributed by atoms with van der Waals surface area (Å²) in [6.07, 6.45) is 0.996. The van der Waals surface area contributed by atoms with Crippen molar-refractivity contribution in [1.82, 2.24) is 24.6 Å². The standard InChI is InChI=1S/C30H32F2N8O3S2/c1-38(2)20-14-40(15-20)30-35-29-24(44-30)13-23(21-6-5-7-22-27(21)39(3)36-28(22)37-45(4,42)43)26(34-29)17(11-25(33)41)8-16-9-18(31)12-19(32)10-16/h5-7,9-10,12-13,17,20H,8,11,14-15H2,1-4H3,(H2,33,41)(H,36,37)/t17-/m0/s1. The number of primary amides is 1. The van der Waals surface area contributed by atoms with Gasteiger partial charge in [-0.25, -0.2) is 22.2 Å². The summed E-state index contributed by atoms with van der Waals surface area (Å²) < 4.78 is 57.5. The van der Waals surface area contributed by atoms with Crippen LogP contribution in [0.5, 0.6) is 0 Å². The van der Waals surface area contributed by atoms with E-state index in [1.165, 1.54) is 23.5 Å². The van der Waals surface area contributed by atoms with Gasteiger partial charge in [-0.2, -0.15) is 10.1 Å². The topological polar surface area (TPSA) is 139 Å². The van der Waals surface area contributed by atoms with Crippen LogP contribution in [0.1, 0.15) is 23.6 Å². The number of pyridine rings is 1. The zero-order chi connectivity index (χ0) is 32.2. The van der Waals surface area contributed by atoms with Crippen LogP contribution in [-0.2, 0) is 28.3 Å². The van der Waals surface area contributed by atoms with Gasteiger partial charge in [0.1, 0.15) is 11.6 Å². The normalized spacial score (nSPS) is 14.8. The number of benzene rings is 2. The maximum absolute atomic E-state index is 14.2. The molecule has 0 aliphatic carbocycles. The number of halogens is 2. The predicted octanol–water partition coefficient (Wildman–Crippen LogP) is 3.85. The molecule has 4 heterocycles. The molecule has 236 valence electrons. The number of nitrogens with one attached hydrogen (secondary N) is 1. The number of aromatic nitrogens is 4. The van der Waals surface area contributed by atoms with Crippen molar-refractivity contribution in [3.8, 4) is 11.1 Å². The maximum Gasteiger partial charge on any atom is 0.231 e. The van der Waals surface area contributed by atoms with Gasteiger partial charge in [0.15, 0.2) is 16.6 Å². The van der Waals surface area contributed by atoms with Crippen LogP contribution in [0, 0.1) is 11.6 Å². The molecule has 1 aliphatic rings. The highest BCUT2D eigenvalue weighted by Crippen LogP contribution is 2.41. The van der Waals surface area contributed by atoms with Gasteiger partial charge in [0, 0.05) is 61.1 Å². The second-order valence-corrected chi connectivity index (χ2v) is 14.4. The second-order valence-electron chi connectivity index (χ2n) is 11.7. The SMILES string of the molecule is CN(C)C1CN(c2nc3nc([C@H](CC(N)=O)Cc4cc(F)cc(F)c4)c(-c4cccc5c(NS(C)(=O)=O)nn(C)c45)cc3s2)C1. The quantitative estimate of drug-likeness (QED) is 0.232. The summed E-state index contributed by atoms with van der Waals surface area (Å²) in [5.41, 5.74) is 8.97. The minimum absolute atomic E-state index is 0.0823. The Hall–Kier alpha value is -4.21. The summed E-state index contributed by atoms with van der Waals surface area (Å²) >= 11 is 1.50. The average molecular weight is 655 g/mol. The molecule has 0 saturated carbocycles. The Morgan fingerprint density at radius 1 is 1.13 bits per heavy atom. The molecule has 0 bridgehead atoms. The van der Waals surface area contributed by atoms with Crippen LogP contribution in [-0.4, -0.2) is 78.5 Å². The van der Waals surface area contributed by atoms with E-state index >= 15 is 0 Å². The number of carbonyl (C=O) groups is 1. The van der Waals surface area contributed by atoms with Gasteiger partial charge in [-0.05, 0) is 50.3 Å². The molecule has 0 radical (unpaired) electrons. The summed E-state index contributed by atoms with van der Waals surface area (Å²) in [4.78, 5) is 26.6. The first-order valence-electron chi connectivity index (χ1n) is 14.2. The largest absolute Gasteiger partial charge is 0.370 e. The van der Waals surface area contributed by atoms with E-state index in [0.717, 1.165) is 35.2 Å². The van der Waals surface area contributed by atoms with E-state index < -0.39 is 33.5 Å². The van der Waals surface area contributed by atoms with Crippen LogP contribution >= 0.6 is 11.3 Å². The molecule has 6 rings (SSSR count). The third-order valence-corrected chi connectivity index (χ3v) is 9.56. The van der Waals surface area contributed by atoms with Crippen molar-refractivity contribution in [1.29, 1.82) is 0 Å². The first-order valence-corrected chi connectivity index (χ1v) is 16.9. The lowest BCUT2D eigenvalue weighted by Crippen LogP contribution is -2.57. The number of nitrogens with two attached hydrogens (primary N) is 1. The van der Waals surface area contributed by atoms with Crippen LogP contribution < -0.4 is 15.4 Å². The molecule has 45 heavy (non-hydrogen) atoms. The van der Waals surface area contributed by atoms with Gasteiger partial charge in [0.2, 0.25) is 15.9 Å². The lowest BCUT2D eigenvalue weighted by Gasteiger charge is -2.42. The number of sulfonamides is 1. The lowest BCUT2D eigenvalue weighted by molar-refractivity contribution is -0.118. The Balaban J connectivity index is 1.55. The van der Waals surface area contributed by atoms with Crippen LogP contribution in [0.15, 0.2) is 42.5 Å². The molecule has 1 fully saturated rings. The highest BCUT2D eigenvalue weighted by Gasteiger charge is 2.31. The number of fused-ring (bicyclic) bond motifs is 2. The number of aryl methyl sites for hydroxylation is 1. The molecule has 15 heteroatoms. The van der Waals surface area contributed by atoms with Crippen molar-refractivity contribution in [3.05, 3.63) is 65.4 Å². The third-order valence-electron chi connectivity index (χ3n) is 7.94. The van der Waals surface area contributed by atoms with E-state index in [1.54, 1.807) is 23.9 Å². The minimum Gasteiger partial charge on any atom is -0.370 e. The fourth-order valence-electron chi connectivity index (χ4n) is 5.79. The number of likely N-dealkylation sites (N-methyl/N-ethyl adjacent to an activating group) is 1. The Morgan fingerprint density at radius 2 is 1.84 bits per heavy atom. The van der Waals surface area contributed by atoms with E-state index in [9.17, 15) is 22.0 Å². The highest BCUT2D eigenvalue weighted by molar-refractivity contribution is 7.92. The molecule has 1 atom stereocenters. The van der Waals surface area contributed by atoms with Crippen molar-refractivity contribution >= 4 is 59.5 Å². The van der Waals surface area contributed by atoms with E-state index in [1.807, 2.05) is 26.2 Å². The molecule has 0 spiro atoms. The molecule has 3 aromatic heterocycles. The Bertz CT molecular complexity index is 2040. The first-order chi connectivity index (χ1) is 21.3. The summed E-state index contributed by atoms with van der Waals surface area (Å²) in [6, 6.07) is 11.0. The van der Waals surface area contributed by atoms with Gasteiger partial charge in [0.05, 0.1) is 22.2 Å². The molecule has 0 unspecified atom stereocenters. The van der Waals surface area contributed by atoms with Gasteiger partial charge in [-0.3, -0.25) is 14.2 Å². The molecule has 1 saturated heterocycles. The number of carbonyl (C=O) groups excluding carboxylic acids is 1. The van der Waals surface area contributed by atoms with E-state index in [0.29, 0.717) is 45.0 Å². The van der Waals surface area contributed by atoms with Crippen LogP contribution in [0.3, 0.4) is 0 Å². The number of para-hydroxylation sites is 1. The Labute approximate surface area is 262 Å². The fourth-order valence-corrected chi connectivity index (χ4v) is 7.26. The summed E-state index contributed by atoms with van der Waals surface area (Å²) in [5.74, 6) is -2.55. The Kier molecular flexibility index (Phi) is 7.95. The van der Waals surface area contributed by atoms with Gasteiger partial charge >= 0.3 is 0 Å². The second kappa shape index (κ2) is 11.6. The summed E-state index contributed by atoms with van der Waals surface area (Å²) in [6.45, 7) is 1.65. The molecular formula is C30H32F2N8O3S2. The number of anilines is 2. The van der Waals surface area contributed by atoms with E-state index in [4.69, 9.17) is 15.7 Å². The maximum atomic E-state index is 14.2.